The molecule has 1 aliphatic carbocycles. The molecule has 0 saturated heterocycles. The van der Waals surface area contributed by atoms with E-state index in [2.05, 4.69) is 12.2 Å². The van der Waals surface area contributed by atoms with Gasteiger partial charge in [-0.3, -0.25) is 0 Å². The smallest absolute Gasteiger partial charge is 0.0987 e. The molecule has 0 spiro atoms. The highest BCUT2D eigenvalue weighted by Crippen LogP contribution is 2.22. The maximum atomic E-state index is 4.97. The Morgan fingerprint density at radius 2 is 2.50 bits per heavy atom. The quantitative estimate of drug-likeness (QED) is 0.489. The van der Waals surface area contributed by atoms with Gasteiger partial charge in [0.05, 0.1) is 12.5 Å². The molecule has 2 aliphatic rings. The van der Waals surface area contributed by atoms with E-state index in [1.54, 1.807) is 12.5 Å². The second kappa shape index (κ2) is 2.18. The summed E-state index contributed by atoms with van der Waals surface area (Å²) in [6, 6.07) is 0. The molecule has 1 radical (unpaired) electrons. The molecule has 10 heavy (non-hydrogen) atoms. The molecule has 0 fully saturated rings. The van der Waals surface area contributed by atoms with Crippen LogP contribution < -0.4 is 0 Å². The van der Waals surface area contributed by atoms with Crippen LogP contribution in [0.3, 0.4) is 0 Å². The number of fused-ring (bicyclic) bond motifs is 1. The zero-order chi connectivity index (χ0) is 6.81. The first-order chi connectivity index (χ1) is 4.97. The Morgan fingerprint density at radius 1 is 1.50 bits per heavy atom. The summed E-state index contributed by atoms with van der Waals surface area (Å²) in [5.74, 6) is 0. The first kappa shape index (κ1) is 5.54. The predicted molar refractivity (Wildman–Crippen MR) is 38.8 cm³/mol. The van der Waals surface area contributed by atoms with E-state index in [4.69, 9.17) is 4.74 Å². The molecular weight excluding hydrogens is 124 g/mol. The Kier molecular flexibility index (Phi) is 1.21. The third-order valence-electron chi connectivity index (χ3n) is 1.58. The van der Waals surface area contributed by atoms with E-state index in [9.17, 15) is 0 Å². The molecule has 0 aromatic rings. The van der Waals surface area contributed by atoms with E-state index in [1.165, 1.54) is 5.57 Å². The average molecular weight is 131 g/mol. The summed E-state index contributed by atoms with van der Waals surface area (Å²) in [5.41, 5.74) is 2.36. The molecule has 1 nitrogen and oxygen atoms in total. The lowest BCUT2D eigenvalue weighted by molar-refractivity contribution is 0.390. The predicted octanol–water partition coefficient (Wildman–Crippen LogP) is 2.10. The number of allylic oxidation sites excluding steroid dienone is 6. The van der Waals surface area contributed by atoms with Crippen molar-refractivity contribution in [1.29, 1.82) is 0 Å². The van der Waals surface area contributed by atoms with Crippen LogP contribution in [0.4, 0.5) is 0 Å². The molecule has 0 aromatic heterocycles. The molecule has 0 aromatic carbocycles. The van der Waals surface area contributed by atoms with Crippen LogP contribution in [0.2, 0.25) is 0 Å². The van der Waals surface area contributed by atoms with Crippen molar-refractivity contribution in [3.63, 3.8) is 0 Å². The van der Waals surface area contributed by atoms with E-state index in [-0.39, 0.29) is 0 Å². The summed E-state index contributed by atoms with van der Waals surface area (Å²) >= 11 is 0. The van der Waals surface area contributed by atoms with Crippen molar-refractivity contribution in [1.82, 2.24) is 0 Å². The minimum atomic E-state index is 0.965. The highest BCUT2D eigenvalue weighted by molar-refractivity contribution is 5.43. The van der Waals surface area contributed by atoms with E-state index < -0.39 is 0 Å². The highest BCUT2D eigenvalue weighted by atomic mass is 16.5. The fourth-order valence-corrected chi connectivity index (χ4v) is 1.04. The normalized spacial score (nSPS) is 20.8. The Bertz CT molecular complexity index is 254. The number of hydrogen-bond donors (Lipinski definition) is 0. The SMILES string of the molecule is [C]1=COC=C2CC=CC=C12. The van der Waals surface area contributed by atoms with E-state index in [0.29, 0.717) is 0 Å². The monoisotopic (exact) mass is 131 g/mol. The Morgan fingerprint density at radius 3 is 3.40 bits per heavy atom. The minimum absolute atomic E-state index is 0.965. The van der Waals surface area contributed by atoms with Gasteiger partial charge in [0.2, 0.25) is 0 Å². The van der Waals surface area contributed by atoms with Crippen molar-refractivity contribution in [3.05, 3.63) is 48.0 Å². The van der Waals surface area contributed by atoms with Crippen molar-refractivity contribution in [3.8, 4) is 0 Å². The van der Waals surface area contributed by atoms with Crippen LogP contribution in [0, 0.1) is 6.08 Å². The molecule has 0 saturated carbocycles. The van der Waals surface area contributed by atoms with Crippen LogP contribution in [0.5, 0.6) is 0 Å². The third-order valence-corrected chi connectivity index (χ3v) is 1.58. The molecule has 2 rings (SSSR count). The molecule has 1 heteroatoms. The van der Waals surface area contributed by atoms with Crippen LogP contribution in [0.25, 0.3) is 0 Å². The van der Waals surface area contributed by atoms with Gasteiger partial charge in [-0.25, -0.2) is 0 Å². The van der Waals surface area contributed by atoms with E-state index in [1.807, 2.05) is 12.2 Å². The summed E-state index contributed by atoms with van der Waals surface area (Å²) in [6.07, 6.45) is 13.5. The van der Waals surface area contributed by atoms with E-state index >= 15 is 0 Å². The second-order valence-corrected chi connectivity index (χ2v) is 2.25. The van der Waals surface area contributed by atoms with Crippen LogP contribution in [0.1, 0.15) is 6.42 Å². The molecule has 0 unspecified atom stereocenters. The first-order valence-electron chi connectivity index (χ1n) is 3.27. The van der Waals surface area contributed by atoms with Crippen LogP contribution in [0.15, 0.2) is 41.9 Å². The second-order valence-electron chi connectivity index (χ2n) is 2.25. The highest BCUT2D eigenvalue weighted by Gasteiger charge is 2.06. The van der Waals surface area contributed by atoms with E-state index in [0.717, 1.165) is 12.0 Å². The molecule has 1 heterocycles. The van der Waals surface area contributed by atoms with Crippen molar-refractivity contribution in [2.45, 2.75) is 6.42 Å². The van der Waals surface area contributed by atoms with Gasteiger partial charge in [-0.1, -0.05) is 18.2 Å². The zero-order valence-electron chi connectivity index (χ0n) is 5.50. The van der Waals surface area contributed by atoms with Gasteiger partial charge in [0.1, 0.15) is 0 Å². The Hall–Kier alpha value is -1.24. The molecule has 0 atom stereocenters. The molecule has 0 bridgehead atoms. The lowest BCUT2D eigenvalue weighted by Crippen LogP contribution is -1.94. The van der Waals surface area contributed by atoms with Gasteiger partial charge in [0.25, 0.3) is 0 Å². The van der Waals surface area contributed by atoms with Gasteiger partial charge >= 0.3 is 0 Å². The summed E-state index contributed by atoms with van der Waals surface area (Å²) in [4.78, 5) is 0. The molecule has 0 N–H and O–H groups in total. The van der Waals surface area contributed by atoms with Gasteiger partial charge in [-0.15, -0.1) is 0 Å². The van der Waals surface area contributed by atoms with Crippen molar-refractivity contribution in [2.24, 2.45) is 0 Å². The Balaban J connectivity index is 2.39. The van der Waals surface area contributed by atoms with Crippen LogP contribution in [-0.2, 0) is 4.74 Å². The molecular formula is C9H7O. The number of ether oxygens (including phenoxy) is 1. The number of hydrogen-bond acceptors (Lipinski definition) is 1. The maximum Gasteiger partial charge on any atom is 0.0987 e. The number of rotatable bonds is 0. The summed E-state index contributed by atoms with van der Waals surface area (Å²) in [5, 5.41) is 0. The largest absolute Gasteiger partial charge is 0.472 e. The van der Waals surface area contributed by atoms with Crippen molar-refractivity contribution >= 4 is 0 Å². The van der Waals surface area contributed by atoms with Gasteiger partial charge in [-0.05, 0) is 17.6 Å². The minimum Gasteiger partial charge on any atom is -0.472 e. The maximum absolute atomic E-state index is 4.97. The fraction of sp³-hybridized carbons (Fsp3) is 0.111. The van der Waals surface area contributed by atoms with Gasteiger partial charge in [0.15, 0.2) is 0 Å². The van der Waals surface area contributed by atoms with Crippen LogP contribution >= 0.6 is 0 Å². The van der Waals surface area contributed by atoms with Gasteiger partial charge < -0.3 is 4.74 Å². The van der Waals surface area contributed by atoms with Gasteiger partial charge in [0, 0.05) is 6.08 Å². The van der Waals surface area contributed by atoms with Gasteiger partial charge in [-0.2, -0.15) is 0 Å². The zero-order valence-corrected chi connectivity index (χ0v) is 5.50. The van der Waals surface area contributed by atoms with Crippen molar-refractivity contribution in [2.75, 3.05) is 0 Å². The van der Waals surface area contributed by atoms with Crippen LogP contribution in [-0.4, -0.2) is 0 Å². The summed E-state index contributed by atoms with van der Waals surface area (Å²) in [6.45, 7) is 0. The summed E-state index contributed by atoms with van der Waals surface area (Å²) in [7, 11) is 0. The lowest BCUT2D eigenvalue weighted by atomic mass is 9.99. The molecule has 49 valence electrons. The fourth-order valence-electron chi connectivity index (χ4n) is 1.04. The topological polar surface area (TPSA) is 9.23 Å². The lowest BCUT2D eigenvalue weighted by Gasteiger charge is -2.11. The Labute approximate surface area is 60.0 Å². The average Bonchev–Trinajstić information content (AvgIpc) is 2.05. The van der Waals surface area contributed by atoms with Crippen molar-refractivity contribution < 1.29 is 4.74 Å². The third kappa shape index (κ3) is 0.798. The molecule has 0 amide bonds. The summed E-state index contributed by atoms with van der Waals surface area (Å²) < 4.78 is 4.97. The molecule has 1 aliphatic heterocycles. The first-order valence-corrected chi connectivity index (χ1v) is 3.27. The standard InChI is InChI=1S/C9H7O/c1-2-4-9-7-10-6-5-8(9)3-1/h1-3,6-7H,4H2.